The van der Waals surface area contributed by atoms with Crippen molar-refractivity contribution in [1.82, 2.24) is 10.6 Å². The quantitative estimate of drug-likeness (QED) is 0.273. The van der Waals surface area contributed by atoms with Crippen LogP contribution in [-0.2, 0) is 19.1 Å². The van der Waals surface area contributed by atoms with Gasteiger partial charge >= 0.3 is 23.5 Å². The molecule has 0 spiro atoms. The molecule has 0 amide bonds. The van der Waals surface area contributed by atoms with Gasteiger partial charge in [0, 0.05) is 38.3 Å². The van der Waals surface area contributed by atoms with Gasteiger partial charge in [-0.05, 0) is 50.2 Å². The molecule has 14 nitrogen and oxygen atoms in total. The number of carbonyl (C=O) groups is 4. The second kappa shape index (κ2) is 10.8. The van der Waals surface area contributed by atoms with Crippen molar-refractivity contribution in [2.24, 2.45) is 9.98 Å². The predicted octanol–water partition coefficient (Wildman–Crippen LogP) is 0.932. The summed E-state index contributed by atoms with van der Waals surface area (Å²) in [5.74, 6) is -5.73. The summed E-state index contributed by atoms with van der Waals surface area (Å²) >= 11 is 0. The minimum Gasteiger partial charge on any atom is -0.442 e. The topological polar surface area (TPSA) is 160 Å². The molecule has 2 aromatic carbocycles. The molecule has 0 radical (unpaired) electrons. The van der Waals surface area contributed by atoms with E-state index in [1.165, 1.54) is 13.8 Å². The standard InChI is InChI=1S/C30H32N6O8/c1-17(37)19-5-7-21-23(13-19)41-29(15-35(21)3,27-31-9-10-32-27)43-25(39)26(40)44-30(28-33-11-12-34-28)16-36(4)22-8-6-20(18(2)38)14-24(22)42-30/h5-8,13-14H,9-12,15-16H2,1-4H3,(H,31,32)(H,33,34). The molecule has 6 rings (SSSR count). The second-order valence-corrected chi connectivity index (χ2v) is 11.0. The Hall–Kier alpha value is -5.14. The zero-order valence-electron chi connectivity index (χ0n) is 24.8. The molecule has 0 bridgehead atoms. The number of ether oxygens (including phenoxy) is 4. The van der Waals surface area contributed by atoms with Gasteiger partial charge in [0.1, 0.15) is 24.6 Å². The van der Waals surface area contributed by atoms with Gasteiger partial charge in [-0.2, -0.15) is 0 Å². The third-order valence-corrected chi connectivity index (χ3v) is 7.75. The van der Waals surface area contributed by atoms with Crippen LogP contribution in [0.4, 0.5) is 11.4 Å². The average Bonchev–Trinajstić information content (AvgIpc) is 3.72. The summed E-state index contributed by atoms with van der Waals surface area (Å²) in [4.78, 5) is 63.7. The van der Waals surface area contributed by atoms with Crippen LogP contribution in [0.1, 0.15) is 34.6 Å². The number of anilines is 2. The van der Waals surface area contributed by atoms with Crippen LogP contribution in [0.2, 0.25) is 0 Å². The van der Waals surface area contributed by atoms with Gasteiger partial charge in [0.05, 0.1) is 24.5 Å². The Morgan fingerprint density at radius 2 is 1.14 bits per heavy atom. The van der Waals surface area contributed by atoms with Crippen molar-refractivity contribution >= 4 is 46.6 Å². The number of ketones is 2. The zero-order chi connectivity index (χ0) is 31.2. The van der Waals surface area contributed by atoms with Crippen LogP contribution in [0.25, 0.3) is 0 Å². The lowest BCUT2D eigenvalue weighted by Crippen LogP contribution is -2.63. The van der Waals surface area contributed by atoms with Gasteiger partial charge in [-0.15, -0.1) is 0 Å². The first-order valence-corrected chi connectivity index (χ1v) is 14.1. The first-order valence-electron chi connectivity index (χ1n) is 14.1. The number of rotatable bonds is 6. The smallest absolute Gasteiger partial charge is 0.421 e. The first-order chi connectivity index (χ1) is 21.0. The molecule has 0 aromatic heterocycles. The molecule has 230 valence electrons. The minimum atomic E-state index is -1.84. The monoisotopic (exact) mass is 604 g/mol. The predicted molar refractivity (Wildman–Crippen MR) is 159 cm³/mol. The van der Waals surface area contributed by atoms with Gasteiger partial charge in [-0.3, -0.25) is 19.6 Å². The summed E-state index contributed by atoms with van der Waals surface area (Å²) in [6, 6.07) is 9.95. The summed E-state index contributed by atoms with van der Waals surface area (Å²) in [5.41, 5.74) is 2.13. The number of nitrogens with zero attached hydrogens (tertiary/aromatic N) is 4. The Morgan fingerprint density at radius 3 is 1.48 bits per heavy atom. The van der Waals surface area contributed by atoms with Gasteiger partial charge in [0.15, 0.2) is 23.2 Å². The van der Waals surface area contributed by atoms with Gasteiger partial charge < -0.3 is 39.4 Å². The molecule has 44 heavy (non-hydrogen) atoms. The summed E-state index contributed by atoms with van der Waals surface area (Å²) in [6.07, 6.45) is 0. The molecule has 14 heteroatoms. The number of Topliss-reactive ketones (excluding diaryl/α,β-unsaturated/α-hetero) is 2. The second-order valence-electron chi connectivity index (χ2n) is 11.0. The van der Waals surface area contributed by atoms with Gasteiger partial charge in [-0.1, -0.05) is 0 Å². The van der Waals surface area contributed by atoms with E-state index in [9.17, 15) is 19.2 Å². The normalized spacial score (nSPS) is 23.5. The first kappa shape index (κ1) is 29.0. The summed E-state index contributed by atoms with van der Waals surface area (Å²) in [5, 5.41) is 6.16. The fourth-order valence-electron chi connectivity index (χ4n) is 5.61. The largest absolute Gasteiger partial charge is 0.442 e. The third-order valence-electron chi connectivity index (χ3n) is 7.75. The number of hydrogen-bond donors (Lipinski definition) is 2. The maximum absolute atomic E-state index is 13.6. The zero-order valence-corrected chi connectivity index (χ0v) is 24.8. The van der Waals surface area contributed by atoms with Gasteiger partial charge in [0.25, 0.3) is 0 Å². The van der Waals surface area contributed by atoms with Gasteiger partial charge in [-0.25, -0.2) is 9.59 Å². The number of aliphatic imine (C=N–C) groups is 2. The SMILES string of the molecule is CC(=O)c1ccc2c(c1)OC(OC(=O)C(=O)OC1(C3=NCCN3)CN(C)c3ccc(C(C)=O)cc3O1)(C1=NCCN1)CN2C. The van der Waals surface area contributed by atoms with E-state index in [4.69, 9.17) is 18.9 Å². The fraction of sp³-hybridized carbons (Fsp3) is 0.400. The van der Waals surface area contributed by atoms with Crippen molar-refractivity contribution < 1.29 is 38.1 Å². The molecule has 4 aliphatic rings. The molecule has 0 saturated heterocycles. The average molecular weight is 605 g/mol. The van der Waals surface area contributed by atoms with Gasteiger partial charge in [0.2, 0.25) is 0 Å². The minimum absolute atomic E-state index is 0.00981. The van der Waals surface area contributed by atoms with E-state index < -0.39 is 23.5 Å². The molecule has 4 aliphatic heterocycles. The highest BCUT2D eigenvalue weighted by atomic mass is 16.8. The van der Waals surface area contributed by atoms with Crippen LogP contribution in [0.15, 0.2) is 46.4 Å². The Morgan fingerprint density at radius 1 is 0.727 bits per heavy atom. The maximum Gasteiger partial charge on any atom is 0.421 e. The number of hydrogen-bond acceptors (Lipinski definition) is 14. The maximum atomic E-state index is 13.6. The molecule has 2 N–H and O–H groups in total. The molecule has 0 fully saturated rings. The number of fused-ring (bicyclic) bond motifs is 2. The fourth-order valence-corrected chi connectivity index (χ4v) is 5.61. The number of nitrogens with one attached hydrogen (secondary N) is 2. The molecule has 0 saturated carbocycles. The van der Waals surface area contributed by atoms with Crippen LogP contribution in [-0.4, -0.2) is 100 Å². The van der Waals surface area contributed by atoms with E-state index in [1.54, 1.807) is 60.3 Å². The van der Waals surface area contributed by atoms with Crippen molar-refractivity contribution in [2.45, 2.75) is 25.4 Å². The number of amidine groups is 2. The summed E-state index contributed by atoms with van der Waals surface area (Å²) in [7, 11) is 3.53. The van der Waals surface area contributed by atoms with E-state index >= 15 is 0 Å². The van der Waals surface area contributed by atoms with Crippen molar-refractivity contribution in [2.75, 3.05) is 63.2 Å². The lowest BCUT2D eigenvalue weighted by atomic mass is 10.1. The van der Waals surface area contributed by atoms with Crippen molar-refractivity contribution in [1.29, 1.82) is 0 Å². The molecular formula is C30H32N6O8. The molecule has 2 atom stereocenters. The lowest BCUT2D eigenvalue weighted by Gasteiger charge is -2.43. The summed E-state index contributed by atoms with van der Waals surface area (Å²) in [6.45, 7) is 4.61. The highest BCUT2D eigenvalue weighted by Gasteiger charge is 2.53. The van der Waals surface area contributed by atoms with E-state index in [-0.39, 0.29) is 47.8 Å². The Balaban J connectivity index is 1.31. The third kappa shape index (κ3) is 5.05. The Labute approximate surface area is 253 Å². The number of likely N-dealkylation sites (N-methyl/N-ethyl adjacent to an activating group) is 2. The van der Waals surface area contributed by atoms with E-state index in [0.29, 0.717) is 48.7 Å². The summed E-state index contributed by atoms with van der Waals surface area (Å²) < 4.78 is 24.1. The highest BCUT2D eigenvalue weighted by Crippen LogP contribution is 2.40. The number of benzene rings is 2. The Kier molecular flexibility index (Phi) is 7.14. The van der Waals surface area contributed by atoms with Crippen molar-refractivity contribution in [3.05, 3.63) is 47.5 Å². The number of carbonyl (C=O) groups excluding carboxylic acids is 4. The molecule has 0 aliphatic carbocycles. The van der Waals surface area contributed by atoms with Crippen molar-refractivity contribution in [3.8, 4) is 11.5 Å². The molecule has 4 heterocycles. The van der Waals surface area contributed by atoms with Crippen molar-refractivity contribution in [3.63, 3.8) is 0 Å². The van der Waals surface area contributed by atoms with Crippen LogP contribution in [0.3, 0.4) is 0 Å². The van der Waals surface area contributed by atoms with E-state index in [2.05, 4.69) is 20.6 Å². The number of esters is 2. The van der Waals surface area contributed by atoms with Crippen LogP contribution >= 0.6 is 0 Å². The highest BCUT2D eigenvalue weighted by molar-refractivity contribution is 6.30. The molecule has 2 unspecified atom stereocenters. The van der Waals surface area contributed by atoms with Crippen LogP contribution < -0.4 is 29.9 Å². The molecule has 2 aromatic rings. The lowest BCUT2D eigenvalue weighted by molar-refractivity contribution is -0.202. The van der Waals surface area contributed by atoms with Crippen LogP contribution in [0, 0.1) is 0 Å². The van der Waals surface area contributed by atoms with E-state index in [1.807, 2.05) is 0 Å². The van der Waals surface area contributed by atoms with E-state index in [0.717, 1.165) is 0 Å². The van der Waals surface area contributed by atoms with Crippen LogP contribution in [0.5, 0.6) is 11.5 Å². The molecular weight excluding hydrogens is 572 g/mol. The Bertz CT molecular complexity index is 1520.